The fourth-order valence-corrected chi connectivity index (χ4v) is 11.6. The van der Waals surface area contributed by atoms with Crippen LogP contribution in [0.3, 0.4) is 0 Å². The molecule has 0 spiro atoms. The molecule has 4 heterocycles. The van der Waals surface area contributed by atoms with Gasteiger partial charge < -0.3 is 9.13 Å². The maximum Gasteiger partial charge on any atom is 0.164 e. The molecular weight excluding hydrogens is 780 g/mol. The highest BCUT2D eigenvalue weighted by atomic mass is 32.1. The molecule has 0 aliphatic rings. The number of para-hydroxylation sites is 1. The van der Waals surface area contributed by atoms with Gasteiger partial charge in [-0.1, -0.05) is 160 Å². The molecule has 0 unspecified atom stereocenters. The zero-order valence-corrected chi connectivity index (χ0v) is 36.9. The molecule has 0 fully saturated rings. The molecule has 290 valence electrons. The van der Waals surface area contributed by atoms with Crippen molar-refractivity contribution in [3.8, 4) is 45.5 Å². The van der Waals surface area contributed by atoms with E-state index in [0.29, 0.717) is 17.5 Å². The Morgan fingerprint density at radius 2 is 0.921 bits per heavy atom. The SMILES string of the molecule is Bc1cc(B)c2c(c1)c1c(B)c(B)c3c4cc(B)cc(B)c4n(-c4cccc5c4sc4cccc(-c6nc(-c7ccccc7)nc(-c7ccccc7)n6)c45)c3c1n2-c1ccccc1. The van der Waals surface area contributed by atoms with E-state index in [1.165, 1.54) is 96.9 Å². The van der Waals surface area contributed by atoms with Gasteiger partial charge in [-0.2, -0.15) is 0 Å². The van der Waals surface area contributed by atoms with Crippen LogP contribution in [0.4, 0.5) is 0 Å². The lowest BCUT2D eigenvalue weighted by Gasteiger charge is -2.16. The fourth-order valence-electron chi connectivity index (χ4n) is 10.4. The molecule has 4 aromatic heterocycles. The minimum absolute atomic E-state index is 0.654. The van der Waals surface area contributed by atoms with Crippen LogP contribution >= 0.6 is 11.3 Å². The first kappa shape index (κ1) is 37.7. The van der Waals surface area contributed by atoms with Gasteiger partial charge in [0.15, 0.2) is 17.5 Å². The molecular formula is C51H37B6N5S. The van der Waals surface area contributed by atoms with E-state index in [1.54, 1.807) is 0 Å². The highest BCUT2D eigenvalue weighted by molar-refractivity contribution is 7.26. The monoisotopic (exact) mass is 817 g/mol. The lowest BCUT2D eigenvalue weighted by atomic mass is 9.74. The highest BCUT2D eigenvalue weighted by Crippen LogP contribution is 2.45. The van der Waals surface area contributed by atoms with Crippen LogP contribution in [0.1, 0.15) is 0 Å². The molecule has 0 aliphatic heterocycles. The Balaban J connectivity index is 1.23. The van der Waals surface area contributed by atoms with E-state index in [-0.39, 0.29) is 0 Å². The standard InChI is InChI=1S/C51H37B6N5S/c52-28-22-33-40-42(56)43(57)41-34-23-29(53)25-36(55)45(34)62(47(41)46(40)61(44(33)35(54)24-28)30-16-8-3-9-17-30)37-20-10-18-31-39-32(19-11-21-38(39)63-48(31)37)51-59-49(26-12-4-1-5-13-26)58-50(60-51)27-14-6-2-7-15-27/h1-25H,52-57H2. The van der Waals surface area contributed by atoms with Crippen LogP contribution in [0.25, 0.3) is 109 Å². The number of fused-ring (bicyclic) bond motifs is 10. The minimum Gasteiger partial charge on any atom is -0.308 e. The molecule has 0 amide bonds. The van der Waals surface area contributed by atoms with Gasteiger partial charge in [0, 0.05) is 70.4 Å². The molecule has 0 saturated carbocycles. The summed E-state index contributed by atoms with van der Waals surface area (Å²) in [4.78, 5) is 15.4. The highest BCUT2D eigenvalue weighted by Gasteiger charge is 2.28. The summed E-state index contributed by atoms with van der Waals surface area (Å²) in [6.07, 6.45) is 0. The maximum atomic E-state index is 5.21. The van der Waals surface area contributed by atoms with Crippen molar-refractivity contribution in [2.45, 2.75) is 0 Å². The van der Waals surface area contributed by atoms with E-state index in [4.69, 9.17) is 15.0 Å². The predicted octanol–water partition coefficient (Wildman–Crippen LogP) is 2.99. The van der Waals surface area contributed by atoms with Gasteiger partial charge in [0.05, 0.1) is 21.4 Å². The van der Waals surface area contributed by atoms with Crippen molar-refractivity contribution in [3.05, 3.63) is 152 Å². The van der Waals surface area contributed by atoms with Gasteiger partial charge in [0.1, 0.15) is 47.1 Å². The van der Waals surface area contributed by atoms with Gasteiger partial charge in [-0.05, 0) is 24.3 Å². The molecule has 63 heavy (non-hydrogen) atoms. The van der Waals surface area contributed by atoms with Crippen LogP contribution in [0.5, 0.6) is 0 Å². The average Bonchev–Trinajstić information content (AvgIpc) is 3.97. The molecule has 0 atom stereocenters. The van der Waals surface area contributed by atoms with Gasteiger partial charge in [0.25, 0.3) is 0 Å². The number of hydrogen-bond acceptors (Lipinski definition) is 4. The average molecular weight is 817 g/mol. The smallest absolute Gasteiger partial charge is 0.164 e. The van der Waals surface area contributed by atoms with Crippen molar-refractivity contribution in [3.63, 3.8) is 0 Å². The summed E-state index contributed by atoms with van der Waals surface area (Å²) >= 11 is 1.85. The first-order chi connectivity index (χ1) is 30.7. The van der Waals surface area contributed by atoms with Crippen LogP contribution in [-0.4, -0.2) is 71.2 Å². The van der Waals surface area contributed by atoms with E-state index in [9.17, 15) is 0 Å². The summed E-state index contributed by atoms with van der Waals surface area (Å²) in [5, 5.41) is 7.54. The van der Waals surface area contributed by atoms with Crippen molar-refractivity contribution in [2.75, 3.05) is 0 Å². The molecule has 12 rings (SSSR count). The Morgan fingerprint density at radius 1 is 0.413 bits per heavy atom. The van der Waals surface area contributed by atoms with Crippen LogP contribution in [0.15, 0.2) is 152 Å². The zero-order chi connectivity index (χ0) is 42.7. The molecule has 0 radical (unpaired) electrons. The van der Waals surface area contributed by atoms with E-state index in [1.807, 2.05) is 47.7 Å². The zero-order valence-electron chi connectivity index (χ0n) is 36.1. The fraction of sp³-hybridized carbons (Fsp3) is 0. The summed E-state index contributed by atoms with van der Waals surface area (Å²) in [6.45, 7) is 0. The quantitative estimate of drug-likeness (QED) is 0.252. The lowest BCUT2D eigenvalue weighted by Crippen LogP contribution is -2.27. The van der Waals surface area contributed by atoms with Crippen molar-refractivity contribution >= 4 is 155 Å². The van der Waals surface area contributed by atoms with Gasteiger partial charge >= 0.3 is 0 Å². The Hall–Kier alpha value is -7.02. The third-order valence-corrected chi connectivity index (χ3v) is 14.2. The molecule has 12 heteroatoms. The van der Waals surface area contributed by atoms with Crippen molar-refractivity contribution in [2.24, 2.45) is 0 Å². The number of hydrogen-bond donors (Lipinski definition) is 0. The van der Waals surface area contributed by atoms with Crippen LogP contribution in [0.2, 0.25) is 0 Å². The Bertz CT molecular complexity index is 3810. The van der Waals surface area contributed by atoms with Crippen molar-refractivity contribution in [1.29, 1.82) is 0 Å². The Labute approximate surface area is 374 Å². The Morgan fingerprint density at radius 3 is 1.51 bits per heavy atom. The molecule has 0 N–H and O–H groups in total. The van der Waals surface area contributed by atoms with Gasteiger partial charge in [-0.3, -0.25) is 0 Å². The van der Waals surface area contributed by atoms with Crippen LogP contribution in [0, 0.1) is 0 Å². The van der Waals surface area contributed by atoms with E-state index < -0.39 is 0 Å². The number of rotatable bonds is 5. The summed E-state index contributed by atoms with van der Waals surface area (Å²) in [5.74, 6) is 1.97. The molecule has 0 saturated heterocycles. The molecule has 12 aromatic rings. The molecule has 0 bridgehead atoms. The van der Waals surface area contributed by atoms with E-state index >= 15 is 0 Å². The molecule has 5 nitrogen and oxygen atoms in total. The first-order valence-corrected chi connectivity index (χ1v) is 22.4. The Kier molecular flexibility index (Phi) is 8.54. The summed E-state index contributed by atoms with van der Waals surface area (Å²) in [5.41, 5.74) is 17.9. The second kappa shape index (κ2) is 14.3. The van der Waals surface area contributed by atoms with Gasteiger partial charge in [-0.15, -0.1) is 11.3 Å². The second-order valence-electron chi connectivity index (χ2n) is 17.1. The summed E-state index contributed by atoms with van der Waals surface area (Å²) in [7, 11) is 13.7. The van der Waals surface area contributed by atoms with E-state index in [0.717, 1.165) is 27.8 Å². The second-order valence-corrected chi connectivity index (χ2v) is 18.2. The topological polar surface area (TPSA) is 48.5 Å². The van der Waals surface area contributed by atoms with Crippen molar-refractivity contribution in [1.82, 2.24) is 24.1 Å². The van der Waals surface area contributed by atoms with Crippen LogP contribution < -0.4 is 32.8 Å². The summed E-state index contributed by atoms with van der Waals surface area (Å²) < 4.78 is 7.56. The molecule has 0 aliphatic carbocycles. The number of nitrogens with zero attached hydrogens (tertiary/aromatic N) is 5. The maximum absolute atomic E-state index is 5.21. The normalized spacial score (nSPS) is 11.9. The number of thiophene rings is 1. The number of aromatic nitrogens is 5. The van der Waals surface area contributed by atoms with Gasteiger partial charge in [-0.25, -0.2) is 15.0 Å². The van der Waals surface area contributed by atoms with Gasteiger partial charge in [0.2, 0.25) is 0 Å². The molecule has 8 aromatic carbocycles. The predicted molar refractivity (Wildman–Crippen MR) is 287 cm³/mol. The van der Waals surface area contributed by atoms with Crippen molar-refractivity contribution < 1.29 is 0 Å². The largest absolute Gasteiger partial charge is 0.308 e. The lowest BCUT2D eigenvalue weighted by molar-refractivity contribution is 1.08. The van der Waals surface area contributed by atoms with Crippen LogP contribution in [-0.2, 0) is 0 Å². The third kappa shape index (κ3) is 5.67. The number of benzene rings is 8. The van der Waals surface area contributed by atoms with E-state index in [2.05, 4.69) is 171 Å². The third-order valence-electron chi connectivity index (χ3n) is 13.0. The first-order valence-electron chi connectivity index (χ1n) is 21.6. The minimum atomic E-state index is 0.654. The summed E-state index contributed by atoms with van der Waals surface area (Å²) in [6, 6.07) is 54.3.